The Morgan fingerprint density at radius 1 is 0.929 bits per heavy atom. The van der Waals surface area contributed by atoms with Crippen LogP contribution in [0.1, 0.15) is 5.56 Å². The van der Waals surface area contributed by atoms with Crippen LogP contribution in [0.2, 0.25) is 0 Å². The minimum absolute atomic E-state index is 0.599. The summed E-state index contributed by atoms with van der Waals surface area (Å²) in [6, 6.07) is 20.7. The molecule has 69 valence electrons. The Labute approximate surface area is 84.0 Å². The van der Waals surface area contributed by atoms with E-state index in [2.05, 4.69) is 6.07 Å². The molecular weight excluding hydrogens is 172 g/mol. The maximum absolute atomic E-state index is 5.54. The summed E-state index contributed by atoms with van der Waals surface area (Å²) in [6.45, 7) is 0.599. The van der Waals surface area contributed by atoms with Crippen LogP contribution in [0.15, 0.2) is 54.6 Å². The van der Waals surface area contributed by atoms with Crippen molar-refractivity contribution in [2.75, 3.05) is 0 Å². The maximum atomic E-state index is 5.54. The highest BCUT2D eigenvalue weighted by atomic mass is 16.5. The average molecular weight is 183 g/mol. The van der Waals surface area contributed by atoms with Crippen LogP contribution >= 0.6 is 0 Å². The van der Waals surface area contributed by atoms with Gasteiger partial charge in [0.05, 0.1) is 0 Å². The quantitative estimate of drug-likeness (QED) is 0.710. The van der Waals surface area contributed by atoms with Crippen molar-refractivity contribution < 1.29 is 4.74 Å². The largest absolute Gasteiger partial charge is 0.488 e. The smallest absolute Gasteiger partial charge is 0.127 e. The molecule has 1 heteroatoms. The molecule has 2 aromatic carbocycles. The molecule has 2 aromatic rings. The fraction of sp³-hybridized carbons (Fsp3) is 0.0769. The van der Waals surface area contributed by atoms with Gasteiger partial charge in [0.15, 0.2) is 0 Å². The lowest BCUT2D eigenvalue weighted by atomic mass is 10.2. The molecule has 0 N–H and O–H groups in total. The summed E-state index contributed by atoms with van der Waals surface area (Å²) in [5.41, 5.74) is 1.17. The Bertz CT molecular complexity index is 327. The van der Waals surface area contributed by atoms with Crippen LogP contribution in [0, 0.1) is 6.07 Å². The number of para-hydroxylation sites is 1. The van der Waals surface area contributed by atoms with Gasteiger partial charge in [0.2, 0.25) is 0 Å². The van der Waals surface area contributed by atoms with E-state index in [1.807, 2.05) is 54.6 Å². The second-order valence-corrected chi connectivity index (χ2v) is 3.00. The lowest BCUT2D eigenvalue weighted by Crippen LogP contribution is -1.94. The topological polar surface area (TPSA) is 9.23 Å². The number of benzene rings is 2. The van der Waals surface area contributed by atoms with Crippen molar-refractivity contribution in [2.24, 2.45) is 0 Å². The molecule has 14 heavy (non-hydrogen) atoms. The second-order valence-electron chi connectivity index (χ2n) is 3.00. The molecule has 0 amide bonds. The van der Waals surface area contributed by atoms with Gasteiger partial charge in [-0.1, -0.05) is 48.5 Å². The van der Waals surface area contributed by atoms with Crippen LogP contribution in [0.4, 0.5) is 0 Å². The second kappa shape index (κ2) is 4.47. The van der Waals surface area contributed by atoms with Gasteiger partial charge in [0, 0.05) is 6.07 Å². The van der Waals surface area contributed by atoms with Gasteiger partial charge >= 0.3 is 0 Å². The fourth-order valence-electron chi connectivity index (χ4n) is 1.20. The van der Waals surface area contributed by atoms with E-state index in [-0.39, 0.29) is 0 Å². The van der Waals surface area contributed by atoms with Crippen LogP contribution in [-0.2, 0) is 6.61 Å². The third-order valence-corrected chi connectivity index (χ3v) is 1.92. The van der Waals surface area contributed by atoms with Gasteiger partial charge < -0.3 is 4.74 Å². The highest BCUT2D eigenvalue weighted by Crippen LogP contribution is 2.10. The molecule has 2 rings (SSSR count). The molecular formula is C13H11O. The minimum atomic E-state index is 0.599. The van der Waals surface area contributed by atoms with Gasteiger partial charge in [-0.25, -0.2) is 0 Å². The number of hydrogen-bond acceptors (Lipinski definition) is 1. The molecule has 0 atom stereocenters. The van der Waals surface area contributed by atoms with Crippen molar-refractivity contribution in [1.82, 2.24) is 0 Å². The van der Waals surface area contributed by atoms with E-state index in [4.69, 9.17) is 4.74 Å². The van der Waals surface area contributed by atoms with Gasteiger partial charge in [0.1, 0.15) is 12.4 Å². The Balaban J connectivity index is 1.96. The van der Waals surface area contributed by atoms with E-state index >= 15 is 0 Å². The Kier molecular flexibility index (Phi) is 2.82. The molecule has 0 unspecified atom stereocenters. The van der Waals surface area contributed by atoms with E-state index in [0.717, 1.165) is 5.75 Å². The Hall–Kier alpha value is -1.76. The summed E-state index contributed by atoms with van der Waals surface area (Å²) in [4.78, 5) is 0. The molecule has 1 radical (unpaired) electrons. The molecule has 0 saturated heterocycles. The van der Waals surface area contributed by atoms with Crippen molar-refractivity contribution in [3.63, 3.8) is 0 Å². The molecule has 0 aliphatic rings. The van der Waals surface area contributed by atoms with Gasteiger partial charge in [-0.05, 0) is 11.6 Å². The third-order valence-electron chi connectivity index (χ3n) is 1.92. The lowest BCUT2D eigenvalue weighted by molar-refractivity contribution is 0.305. The zero-order chi connectivity index (χ0) is 9.64. The summed E-state index contributed by atoms with van der Waals surface area (Å²) in [7, 11) is 0. The number of ether oxygens (including phenoxy) is 1. The summed E-state index contributed by atoms with van der Waals surface area (Å²) in [6.07, 6.45) is 0. The van der Waals surface area contributed by atoms with Crippen molar-refractivity contribution >= 4 is 0 Å². The van der Waals surface area contributed by atoms with Crippen LogP contribution in [-0.4, -0.2) is 0 Å². The van der Waals surface area contributed by atoms with E-state index < -0.39 is 0 Å². The van der Waals surface area contributed by atoms with E-state index in [9.17, 15) is 0 Å². The van der Waals surface area contributed by atoms with E-state index in [1.165, 1.54) is 5.56 Å². The van der Waals surface area contributed by atoms with Gasteiger partial charge in [-0.2, -0.15) is 0 Å². The molecule has 0 heterocycles. The fourth-order valence-corrected chi connectivity index (χ4v) is 1.20. The van der Waals surface area contributed by atoms with Gasteiger partial charge in [-0.15, -0.1) is 0 Å². The molecule has 0 saturated carbocycles. The minimum Gasteiger partial charge on any atom is -0.488 e. The molecule has 0 aliphatic carbocycles. The average Bonchev–Trinajstić information content (AvgIpc) is 2.29. The number of rotatable bonds is 3. The van der Waals surface area contributed by atoms with Crippen molar-refractivity contribution in [3.05, 3.63) is 66.2 Å². The predicted octanol–water partition coefficient (Wildman–Crippen LogP) is 3.07. The summed E-state index contributed by atoms with van der Waals surface area (Å²) in [5.74, 6) is 0.788. The number of hydrogen-bond donors (Lipinski definition) is 0. The highest BCUT2D eigenvalue weighted by molar-refractivity contribution is 5.20. The summed E-state index contributed by atoms with van der Waals surface area (Å²) in [5, 5.41) is 0. The zero-order valence-electron chi connectivity index (χ0n) is 7.81. The van der Waals surface area contributed by atoms with E-state index in [0.29, 0.717) is 6.61 Å². The molecule has 1 nitrogen and oxygen atoms in total. The first-order chi connectivity index (χ1) is 6.95. The van der Waals surface area contributed by atoms with E-state index in [1.54, 1.807) is 0 Å². The zero-order valence-corrected chi connectivity index (χ0v) is 7.81. The summed E-state index contributed by atoms with van der Waals surface area (Å²) >= 11 is 0. The van der Waals surface area contributed by atoms with Crippen LogP contribution in [0.3, 0.4) is 0 Å². The third kappa shape index (κ3) is 2.36. The first-order valence-corrected chi connectivity index (χ1v) is 4.58. The van der Waals surface area contributed by atoms with Crippen molar-refractivity contribution in [3.8, 4) is 5.75 Å². The highest BCUT2D eigenvalue weighted by Gasteiger charge is 1.93. The molecule has 0 bridgehead atoms. The van der Waals surface area contributed by atoms with Crippen molar-refractivity contribution in [1.29, 1.82) is 0 Å². The first-order valence-electron chi connectivity index (χ1n) is 4.58. The maximum Gasteiger partial charge on any atom is 0.127 e. The predicted molar refractivity (Wildman–Crippen MR) is 56.1 cm³/mol. The van der Waals surface area contributed by atoms with Crippen LogP contribution in [0.5, 0.6) is 5.75 Å². The normalized spacial score (nSPS) is 9.71. The SMILES string of the molecule is [c]1ccccc1OCc1ccccc1. The Morgan fingerprint density at radius 2 is 1.71 bits per heavy atom. The Morgan fingerprint density at radius 3 is 2.43 bits per heavy atom. The van der Waals surface area contributed by atoms with Gasteiger partial charge in [0.25, 0.3) is 0 Å². The monoisotopic (exact) mass is 183 g/mol. The molecule has 0 aromatic heterocycles. The first kappa shape index (κ1) is 8.82. The van der Waals surface area contributed by atoms with Crippen LogP contribution < -0.4 is 4.74 Å². The molecule has 0 fully saturated rings. The summed E-state index contributed by atoms with van der Waals surface area (Å²) < 4.78 is 5.54. The standard InChI is InChI=1S/C13H11O/c1-3-7-12(8-4-1)11-14-13-9-5-2-6-10-13/h1-9H,11H2. The molecule has 0 aliphatic heterocycles. The lowest BCUT2D eigenvalue weighted by Gasteiger charge is -2.04. The van der Waals surface area contributed by atoms with Crippen LogP contribution in [0.25, 0.3) is 0 Å². The molecule has 0 spiro atoms. The van der Waals surface area contributed by atoms with Crippen molar-refractivity contribution in [2.45, 2.75) is 6.61 Å². The van der Waals surface area contributed by atoms with Gasteiger partial charge in [-0.3, -0.25) is 0 Å².